The molecule has 0 bridgehead atoms. The zero-order valence-corrected chi connectivity index (χ0v) is 10.2. The molecular weight excluding hydrogens is 228 g/mol. The first-order chi connectivity index (χ1) is 8.70. The van der Waals surface area contributed by atoms with Gasteiger partial charge in [-0.15, -0.1) is 0 Å². The van der Waals surface area contributed by atoms with Crippen molar-refractivity contribution in [3.8, 4) is 0 Å². The van der Waals surface area contributed by atoms with Gasteiger partial charge in [0.2, 0.25) is 5.95 Å². The van der Waals surface area contributed by atoms with Gasteiger partial charge in [0.1, 0.15) is 5.82 Å². The number of aliphatic hydroxyl groups excluding tert-OH is 1. The fourth-order valence-electron chi connectivity index (χ4n) is 1.69. The molecule has 1 aromatic heterocycles. The molecule has 0 aliphatic carbocycles. The lowest BCUT2D eigenvalue weighted by molar-refractivity contribution is 0.276. The zero-order chi connectivity index (χ0) is 13.0. The normalized spacial score (nSPS) is 12.1. The van der Waals surface area contributed by atoms with Crippen LogP contribution in [-0.4, -0.2) is 21.7 Å². The number of nitrogens with zero attached hydrogens (tertiary/aromatic N) is 2. The number of nitrogens with two attached hydrogens (primary N) is 1. The maximum absolute atomic E-state index is 9.46. The van der Waals surface area contributed by atoms with Gasteiger partial charge in [0.15, 0.2) is 0 Å². The maximum Gasteiger partial charge on any atom is 0.221 e. The number of anilines is 2. The Morgan fingerprint density at radius 1 is 1.33 bits per heavy atom. The molecule has 1 atom stereocenters. The largest absolute Gasteiger partial charge is 0.394 e. The quantitative estimate of drug-likeness (QED) is 0.759. The van der Waals surface area contributed by atoms with Crippen molar-refractivity contribution in [2.45, 2.75) is 13.0 Å². The van der Waals surface area contributed by atoms with Crippen LogP contribution < -0.4 is 11.1 Å². The Labute approximate surface area is 106 Å². The molecule has 0 spiro atoms. The lowest BCUT2D eigenvalue weighted by atomic mass is 10.1. The number of rotatable bonds is 4. The minimum Gasteiger partial charge on any atom is -0.394 e. The Morgan fingerprint density at radius 2 is 2.06 bits per heavy atom. The summed E-state index contributed by atoms with van der Waals surface area (Å²) >= 11 is 0. The third kappa shape index (κ3) is 2.75. The molecule has 0 aliphatic heterocycles. The average molecular weight is 244 g/mol. The molecular formula is C13H16N4O. The molecule has 94 valence electrons. The predicted octanol–water partition coefficient (Wildman–Crippen LogP) is 1.51. The van der Waals surface area contributed by atoms with Gasteiger partial charge in [-0.2, -0.15) is 4.98 Å². The van der Waals surface area contributed by atoms with E-state index in [-0.39, 0.29) is 18.6 Å². The topological polar surface area (TPSA) is 84.1 Å². The van der Waals surface area contributed by atoms with Crippen molar-refractivity contribution in [1.82, 2.24) is 9.97 Å². The summed E-state index contributed by atoms with van der Waals surface area (Å²) in [5.41, 5.74) is 7.44. The van der Waals surface area contributed by atoms with Crippen LogP contribution in [0.15, 0.2) is 36.5 Å². The molecule has 5 nitrogen and oxygen atoms in total. The average Bonchev–Trinajstić information content (AvgIpc) is 2.41. The third-order valence-electron chi connectivity index (χ3n) is 2.69. The number of aryl methyl sites for hydroxylation is 1. The third-order valence-corrected chi connectivity index (χ3v) is 2.69. The highest BCUT2D eigenvalue weighted by Gasteiger charge is 2.12. The molecule has 2 aromatic rings. The van der Waals surface area contributed by atoms with Crippen LogP contribution in [0, 0.1) is 6.92 Å². The Balaban J connectivity index is 2.23. The number of nitrogen functional groups attached to an aromatic ring is 1. The fourth-order valence-corrected chi connectivity index (χ4v) is 1.69. The molecule has 4 N–H and O–H groups in total. The molecule has 18 heavy (non-hydrogen) atoms. The number of aliphatic hydroxyl groups is 1. The van der Waals surface area contributed by atoms with Gasteiger partial charge in [0.25, 0.3) is 0 Å². The first-order valence-electron chi connectivity index (χ1n) is 5.72. The lowest BCUT2D eigenvalue weighted by Gasteiger charge is -2.18. The van der Waals surface area contributed by atoms with E-state index in [0.29, 0.717) is 5.82 Å². The number of benzene rings is 1. The molecule has 0 radical (unpaired) electrons. The van der Waals surface area contributed by atoms with Crippen LogP contribution in [0.4, 0.5) is 11.8 Å². The minimum atomic E-state index is -0.209. The van der Waals surface area contributed by atoms with E-state index in [0.717, 1.165) is 11.1 Å². The number of nitrogens with one attached hydrogen (secondary N) is 1. The molecule has 0 saturated carbocycles. The summed E-state index contributed by atoms with van der Waals surface area (Å²) in [7, 11) is 0. The summed E-state index contributed by atoms with van der Waals surface area (Å²) in [4.78, 5) is 8.04. The number of hydrogen-bond donors (Lipinski definition) is 3. The molecule has 1 heterocycles. The predicted molar refractivity (Wildman–Crippen MR) is 71.1 cm³/mol. The van der Waals surface area contributed by atoms with Crippen molar-refractivity contribution in [1.29, 1.82) is 0 Å². The van der Waals surface area contributed by atoms with Gasteiger partial charge in [-0.1, -0.05) is 30.3 Å². The summed E-state index contributed by atoms with van der Waals surface area (Å²) in [6, 6.07) is 9.49. The van der Waals surface area contributed by atoms with Gasteiger partial charge in [0, 0.05) is 11.8 Å². The van der Waals surface area contributed by atoms with Gasteiger partial charge >= 0.3 is 0 Å². The molecule has 5 heteroatoms. The Kier molecular flexibility index (Phi) is 3.74. The summed E-state index contributed by atoms with van der Waals surface area (Å²) in [6.07, 6.45) is 1.66. The SMILES string of the molecule is Cc1cnc(N)nc1NC(CO)c1ccccc1. The Bertz CT molecular complexity index is 516. The van der Waals surface area contributed by atoms with Crippen LogP contribution in [-0.2, 0) is 0 Å². The van der Waals surface area contributed by atoms with Crippen LogP contribution in [0.25, 0.3) is 0 Å². The lowest BCUT2D eigenvalue weighted by Crippen LogP contribution is -2.17. The van der Waals surface area contributed by atoms with Crippen LogP contribution in [0.5, 0.6) is 0 Å². The highest BCUT2D eigenvalue weighted by molar-refractivity contribution is 5.47. The van der Waals surface area contributed by atoms with Crippen LogP contribution in [0.1, 0.15) is 17.2 Å². The minimum absolute atomic E-state index is 0.0205. The molecule has 0 amide bonds. The maximum atomic E-state index is 9.46. The van der Waals surface area contributed by atoms with E-state index in [1.165, 1.54) is 0 Å². The van der Waals surface area contributed by atoms with E-state index in [1.54, 1.807) is 6.20 Å². The van der Waals surface area contributed by atoms with E-state index in [2.05, 4.69) is 15.3 Å². The summed E-state index contributed by atoms with van der Waals surface area (Å²) in [5.74, 6) is 0.859. The summed E-state index contributed by atoms with van der Waals surface area (Å²) in [6.45, 7) is 1.87. The van der Waals surface area contributed by atoms with Crippen molar-refractivity contribution < 1.29 is 5.11 Å². The van der Waals surface area contributed by atoms with Gasteiger partial charge in [-0.25, -0.2) is 4.98 Å². The second-order valence-electron chi connectivity index (χ2n) is 4.05. The second kappa shape index (κ2) is 5.46. The zero-order valence-electron chi connectivity index (χ0n) is 10.2. The Hall–Kier alpha value is -2.14. The molecule has 2 rings (SSSR count). The number of aromatic nitrogens is 2. The first kappa shape index (κ1) is 12.3. The highest BCUT2D eigenvalue weighted by atomic mass is 16.3. The van der Waals surface area contributed by atoms with E-state index in [4.69, 9.17) is 5.73 Å². The molecule has 0 aliphatic rings. The molecule has 0 saturated heterocycles. The standard InChI is InChI=1S/C13H16N4O/c1-9-7-15-13(14)17-12(9)16-11(8-18)10-5-3-2-4-6-10/h2-7,11,18H,8H2,1H3,(H3,14,15,16,17). The second-order valence-corrected chi connectivity index (χ2v) is 4.05. The van der Waals surface area contributed by atoms with Crippen molar-refractivity contribution in [2.75, 3.05) is 17.7 Å². The van der Waals surface area contributed by atoms with E-state index in [9.17, 15) is 5.11 Å². The van der Waals surface area contributed by atoms with Crippen LogP contribution in [0.2, 0.25) is 0 Å². The molecule has 1 unspecified atom stereocenters. The monoisotopic (exact) mass is 244 g/mol. The fraction of sp³-hybridized carbons (Fsp3) is 0.231. The summed E-state index contributed by atoms with van der Waals surface area (Å²) < 4.78 is 0. The van der Waals surface area contributed by atoms with E-state index < -0.39 is 0 Å². The van der Waals surface area contributed by atoms with Gasteiger partial charge in [-0.05, 0) is 12.5 Å². The molecule has 1 aromatic carbocycles. The van der Waals surface area contributed by atoms with Crippen molar-refractivity contribution in [3.63, 3.8) is 0 Å². The van der Waals surface area contributed by atoms with Crippen LogP contribution in [0.3, 0.4) is 0 Å². The van der Waals surface area contributed by atoms with Crippen molar-refractivity contribution in [2.24, 2.45) is 0 Å². The van der Waals surface area contributed by atoms with Gasteiger partial charge in [-0.3, -0.25) is 0 Å². The summed E-state index contributed by atoms with van der Waals surface area (Å²) in [5, 5.41) is 12.6. The smallest absolute Gasteiger partial charge is 0.221 e. The number of hydrogen-bond acceptors (Lipinski definition) is 5. The molecule has 0 fully saturated rings. The van der Waals surface area contributed by atoms with E-state index >= 15 is 0 Å². The van der Waals surface area contributed by atoms with Crippen molar-refractivity contribution >= 4 is 11.8 Å². The Morgan fingerprint density at radius 3 is 2.72 bits per heavy atom. The van der Waals surface area contributed by atoms with Crippen molar-refractivity contribution in [3.05, 3.63) is 47.7 Å². The first-order valence-corrected chi connectivity index (χ1v) is 5.72. The van der Waals surface area contributed by atoms with Gasteiger partial charge < -0.3 is 16.2 Å². The van der Waals surface area contributed by atoms with Gasteiger partial charge in [0.05, 0.1) is 12.6 Å². The highest BCUT2D eigenvalue weighted by Crippen LogP contribution is 2.20. The van der Waals surface area contributed by atoms with Crippen LogP contribution >= 0.6 is 0 Å². The van der Waals surface area contributed by atoms with E-state index in [1.807, 2.05) is 37.3 Å².